The summed E-state index contributed by atoms with van der Waals surface area (Å²) in [6.45, 7) is 11.6. The molecule has 41 heavy (non-hydrogen) atoms. The number of hydrogen-bond donors (Lipinski definition) is 4. The first-order valence-corrected chi connectivity index (χ1v) is 13.1. The number of benzene rings is 1. The number of aliphatic hydroxyl groups is 1. The van der Waals surface area contributed by atoms with Crippen molar-refractivity contribution >= 4 is 17.9 Å². The zero-order chi connectivity index (χ0) is 30.7. The van der Waals surface area contributed by atoms with Gasteiger partial charge in [0.2, 0.25) is 0 Å². The van der Waals surface area contributed by atoms with Crippen LogP contribution >= 0.6 is 0 Å². The van der Waals surface area contributed by atoms with Gasteiger partial charge in [0.25, 0.3) is 0 Å². The Morgan fingerprint density at radius 2 is 1.68 bits per heavy atom. The highest BCUT2D eigenvalue weighted by molar-refractivity contribution is 5.88. The molecule has 0 atom stereocenters. The van der Waals surface area contributed by atoms with Gasteiger partial charge in [-0.15, -0.1) is 0 Å². The molecule has 0 saturated carbocycles. The molecule has 13 heteroatoms. The van der Waals surface area contributed by atoms with Crippen molar-refractivity contribution in [2.45, 2.75) is 78.2 Å². The van der Waals surface area contributed by atoms with Crippen LogP contribution in [0, 0.1) is 19.7 Å². The highest BCUT2D eigenvalue weighted by atomic mass is 19.1. The number of halogens is 1. The fraction of sp³-hybridized carbons (Fsp3) is 0.464. The molecule has 0 aliphatic heterocycles. The first-order valence-electron chi connectivity index (χ1n) is 13.1. The Hall–Kier alpha value is -4.10. The third-order valence-electron chi connectivity index (χ3n) is 6.43. The van der Waals surface area contributed by atoms with Gasteiger partial charge in [0.1, 0.15) is 5.82 Å². The van der Waals surface area contributed by atoms with Crippen molar-refractivity contribution in [3.05, 3.63) is 71.3 Å². The first-order chi connectivity index (χ1) is 19.2. The fourth-order valence-corrected chi connectivity index (χ4v) is 4.34. The standard InChI is InChI=1S/C22H30FN5.C6H8O7/c1-17(2)28-19(4)21(18(3)25-28)15-27(12-7-11-26-13-10-24-16-26)14-20-8-5-6-9-22(20)23;7-3(8)1-6(13,5(11)12)2-4(9)10/h5-6,8-10,13,16-17H,7,11-12,14-15H2,1-4H3;13H,1-2H2,(H,7,8)(H,9,10)(H,11,12). The lowest BCUT2D eigenvalue weighted by Crippen LogP contribution is -2.42. The normalized spacial score (nSPS) is 11.4. The second-order valence-corrected chi connectivity index (χ2v) is 10.1. The number of carbonyl (C=O) groups is 3. The van der Waals surface area contributed by atoms with Crippen molar-refractivity contribution in [1.29, 1.82) is 0 Å². The van der Waals surface area contributed by atoms with Crippen LogP contribution in [-0.4, -0.2) is 74.7 Å². The number of aryl methyl sites for hydroxylation is 2. The number of rotatable bonds is 14. The smallest absolute Gasteiger partial charge is 0.336 e. The van der Waals surface area contributed by atoms with Gasteiger partial charge >= 0.3 is 17.9 Å². The molecule has 3 aromatic rings. The summed E-state index contributed by atoms with van der Waals surface area (Å²) in [5.74, 6) is -5.16. The van der Waals surface area contributed by atoms with Gasteiger partial charge in [-0.1, -0.05) is 18.2 Å². The molecule has 4 N–H and O–H groups in total. The predicted molar refractivity (Wildman–Crippen MR) is 147 cm³/mol. The third kappa shape index (κ3) is 10.1. The number of aliphatic carboxylic acids is 3. The van der Waals surface area contributed by atoms with Crippen LogP contribution in [0.4, 0.5) is 4.39 Å². The monoisotopic (exact) mass is 575 g/mol. The topological polar surface area (TPSA) is 171 Å². The largest absolute Gasteiger partial charge is 0.481 e. The van der Waals surface area contributed by atoms with Crippen LogP contribution in [0.5, 0.6) is 0 Å². The zero-order valence-electron chi connectivity index (χ0n) is 23.7. The lowest BCUT2D eigenvalue weighted by Gasteiger charge is -2.23. The summed E-state index contributed by atoms with van der Waals surface area (Å²) in [6.07, 6.45) is 4.29. The van der Waals surface area contributed by atoms with E-state index in [4.69, 9.17) is 25.5 Å². The van der Waals surface area contributed by atoms with Crippen LogP contribution in [0.2, 0.25) is 0 Å². The summed E-state index contributed by atoms with van der Waals surface area (Å²) in [6, 6.07) is 7.37. The molecule has 2 aromatic heterocycles. The summed E-state index contributed by atoms with van der Waals surface area (Å²) in [4.78, 5) is 36.9. The minimum atomic E-state index is -2.74. The molecule has 3 rings (SSSR count). The second-order valence-electron chi connectivity index (χ2n) is 10.1. The molecule has 0 spiro atoms. The molecule has 224 valence electrons. The molecular weight excluding hydrogens is 537 g/mol. The van der Waals surface area contributed by atoms with Crippen molar-refractivity contribution in [1.82, 2.24) is 24.2 Å². The number of carboxylic acid groups (broad SMARTS) is 3. The van der Waals surface area contributed by atoms with Crippen LogP contribution in [0.1, 0.15) is 61.7 Å². The summed E-state index contributed by atoms with van der Waals surface area (Å²) >= 11 is 0. The summed E-state index contributed by atoms with van der Waals surface area (Å²) in [5.41, 5.74) is 1.49. The van der Waals surface area contributed by atoms with Crippen LogP contribution in [-0.2, 0) is 34.0 Å². The number of aromatic nitrogens is 4. The van der Waals surface area contributed by atoms with Gasteiger partial charge in [-0.25, -0.2) is 14.2 Å². The van der Waals surface area contributed by atoms with E-state index >= 15 is 0 Å². The zero-order valence-corrected chi connectivity index (χ0v) is 23.7. The average molecular weight is 576 g/mol. The van der Waals surface area contributed by atoms with Crippen molar-refractivity contribution in [3.63, 3.8) is 0 Å². The Balaban J connectivity index is 0.000000383. The van der Waals surface area contributed by atoms with E-state index in [0.717, 1.165) is 37.3 Å². The fourth-order valence-electron chi connectivity index (χ4n) is 4.34. The summed E-state index contributed by atoms with van der Waals surface area (Å²) in [5, 5.41) is 38.5. The van der Waals surface area contributed by atoms with Crippen LogP contribution < -0.4 is 0 Å². The highest BCUT2D eigenvalue weighted by Crippen LogP contribution is 2.21. The number of carboxylic acids is 3. The Labute approximate surface area is 237 Å². The SMILES string of the molecule is Cc1nn(C(C)C)c(C)c1CN(CCCn1ccnc1)Cc1ccccc1F.O=C(O)CC(O)(CC(=O)O)C(=O)O. The molecule has 12 nitrogen and oxygen atoms in total. The number of imidazole rings is 1. The van der Waals surface area contributed by atoms with Gasteiger partial charge in [0, 0.05) is 61.4 Å². The van der Waals surface area contributed by atoms with Gasteiger partial charge in [0.05, 0.1) is 24.9 Å². The molecule has 0 bridgehead atoms. The Kier molecular flexibility index (Phi) is 12.2. The van der Waals surface area contributed by atoms with Crippen LogP contribution in [0.15, 0.2) is 43.0 Å². The molecule has 0 radical (unpaired) electrons. The van der Waals surface area contributed by atoms with Gasteiger partial charge < -0.3 is 25.0 Å². The van der Waals surface area contributed by atoms with Gasteiger partial charge in [0.15, 0.2) is 5.60 Å². The van der Waals surface area contributed by atoms with E-state index in [-0.39, 0.29) is 5.82 Å². The molecule has 2 heterocycles. The lowest BCUT2D eigenvalue weighted by molar-refractivity contribution is -0.170. The molecule has 0 saturated heterocycles. The molecule has 0 unspecified atom stereocenters. The van der Waals surface area contributed by atoms with Gasteiger partial charge in [-0.3, -0.25) is 19.2 Å². The second kappa shape index (κ2) is 15.1. The molecule has 0 aliphatic carbocycles. The van der Waals surface area contributed by atoms with Crippen molar-refractivity contribution in [2.75, 3.05) is 6.54 Å². The van der Waals surface area contributed by atoms with Crippen LogP contribution in [0.25, 0.3) is 0 Å². The molecular formula is C28H38FN5O7. The van der Waals surface area contributed by atoms with Gasteiger partial charge in [-0.2, -0.15) is 5.10 Å². The van der Waals surface area contributed by atoms with Crippen molar-refractivity contribution in [2.24, 2.45) is 0 Å². The minimum absolute atomic E-state index is 0.145. The van der Waals surface area contributed by atoms with Crippen molar-refractivity contribution < 1.29 is 39.2 Å². The third-order valence-corrected chi connectivity index (χ3v) is 6.43. The van der Waals surface area contributed by atoms with E-state index in [9.17, 15) is 18.8 Å². The highest BCUT2D eigenvalue weighted by Gasteiger charge is 2.40. The van der Waals surface area contributed by atoms with E-state index < -0.39 is 36.4 Å². The quantitative estimate of drug-likeness (QED) is 0.224. The van der Waals surface area contributed by atoms with Gasteiger partial charge in [-0.05, 0) is 40.2 Å². The maximum atomic E-state index is 14.2. The Bertz CT molecular complexity index is 1290. The summed E-state index contributed by atoms with van der Waals surface area (Å²) < 4.78 is 18.4. The maximum Gasteiger partial charge on any atom is 0.336 e. The number of hydrogen-bond acceptors (Lipinski definition) is 7. The Morgan fingerprint density at radius 3 is 2.17 bits per heavy atom. The molecule has 1 aromatic carbocycles. The van der Waals surface area contributed by atoms with E-state index in [1.165, 1.54) is 17.3 Å². The molecule has 0 fully saturated rings. The van der Waals surface area contributed by atoms with E-state index in [1.807, 2.05) is 24.7 Å². The predicted octanol–water partition coefficient (Wildman–Crippen LogP) is 3.26. The Morgan fingerprint density at radius 1 is 1.05 bits per heavy atom. The number of nitrogens with zero attached hydrogens (tertiary/aromatic N) is 5. The minimum Gasteiger partial charge on any atom is -0.481 e. The van der Waals surface area contributed by atoms with E-state index in [0.29, 0.717) is 12.6 Å². The molecule has 0 amide bonds. The maximum absolute atomic E-state index is 14.2. The lowest BCUT2D eigenvalue weighted by atomic mass is 9.96. The van der Waals surface area contributed by atoms with E-state index in [1.54, 1.807) is 12.3 Å². The molecule has 0 aliphatic rings. The van der Waals surface area contributed by atoms with E-state index in [2.05, 4.69) is 46.8 Å². The van der Waals surface area contributed by atoms with Crippen LogP contribution in [0.3, 0.4) is 0 Å². The first kappa shape index (κ1) is 33.1. The average Bonchev–Trinajstić information content (AvgIpc) is 3.48. The van der Waals surface area contributed by atoms with Crippen molar-refractivity contribution in [3.8, 4) is 0 Å². The summed E-state index contributed by atoms with van der Waals surface area (Å²) in [7, 11) is 0.